The molecule has 0 heterocycles. The Balaban J connectivity index is 2.10. The number of aliphatic hydroxyl groups is 1. The highest BCUT2D eigenvalue weighted by molar-refractivity contribution is 4.80. The van der Waals surface area contributed by atoms with Crippen molar-refractivity contribution in [2.75, 3.05) is 6.54 Å². The van der Waals surface area contributed by atoms with Crippen LogP contribution in [0, 0.1) is 5.92 Å². The molecule has 1 saturated carbocycles. The van der Waals surface area contributed by atoms with E-state index in [2.05, 4.69) is 0 Å². The Hall–Kier alpha value is -0.0800. The summed E-state index contributed by atoms with van der Waals surface area (Å²) in [5.74, 6) is 0.546. The Bertz CT molecular complexity index is 61.1. The quantitative estimate of drug-likeness (QED) is 0.502. The van der Waals surface area contributed by atoms with Gasteiger partial charge in [-0.15, -0.1) is 0 Å². The van der Waals surface area contributed by atoms with E-state index in [9.17, 15) is 0 Å². The minimum atomic E-state index is -0.208. The lowest BCUT2D eigenvalue weighted by Crippen LogP contribution is -2.21. The lowest BCUT2D eigenvalue weighted by molar-refractivity contribution is 0.159. The molecule has 0 aromatic rings. The molecule has 0 aliphatic heterocycles. The van der Waals surface area contributed by atoms with Gasteiger partial charge in [0, 0.05) is 6.54 Å². The smallest absolute Gasteiger partial charge is 0.0690 e. The van der Waals surface area contributed by atoms with Crippen LogP contribution in [0.4, 0.5) is 0 Å². The van der Waals surface area contributed by atoms with Crippen molar-refractivity contribution in [2.24, 2.45) is 11.7 Å². The molecule has 0 unspecified atom stereocenters. The Labute approximate surface area is 43.3 Å². The second-order valence-corrected chi connectivity index (χ2v) is 2.14. The fraction of sp³-hybridized carbons (Fsp3) is 1.00. The SMILES string of the molecule is NC[C@@H](O)C1CC1. The average molecular weight is 101 g/mol. The third-order valence-electron chi connectivity index (χ3n) is 1.41. The molecule has 3 N–H and O–H groups in total. The van der Waals surface area contributed by atoms with Crippen molar-refractivity contribution in [3.8, 4) is 0 Å². The first-order valence-electron chi connectivity index (χ1n) is 2.72. The summed E-state index contributed by atoms with van der Waals surface area (Å²) in [4.78, 5) is 0. The van der Waals surface area contributed by atoms with Crippen LogP contribution in [0.1, 0.15) is 12.8 Å². The van der Waals surface area contributed by atoms with E-state index in [0.29, 0.717) is 12.5 Å². The van der Waals surface area contributed by atoms with Gasteiger partial charge in [0.2, 0.25) is 0 Å². The Morgan fingerprint density at radius 2 is 2.29 bits per heavy atom. The minimum absolute atomic E-state index is 0.208. The average Bonchev–Trinajstić information content (AvgIpc) is 2.44. The van der Waals surface area contributed by atoms with Gasteiger partial charge in [-0.25, -0.2) is 0 Å². The molecule has 0 saturated heterocycles. The number of nitrogens with two attached hydrogens (primary N) is 1. The molecule has 1 fully saturated rings. The predicted octanol–water partition coefficient (Wildman–Crippen LogP) is -0.284. The van der Waals surface area contributed by atoms with E-state index in [1.54, 1.807) is 0 Å². The molecular formula is C5H11NO. The first kappa shape index (κ1) is 5.06. The fourth-order valence-corrected chi connectivity index (χ4v) is 0.673. The van der Waals surface area contributed by atoms with Crippen LogP contribution in [0.15, 0.2) is 0 Å². The zero-order valence-corrected chi connectivity index (χ0v) is 4.30. The fourth-order valence-electron chi connectivity index (χ4n) is 0.673. The van der Waals surface area contributed by atoms with E-state index >= 15 is 0 Å². The summed E-state index contributed by atoms with van der Waals surface area (Å²) in [6, 6.07) is 0. The lowest BCUT2D eigenvalue weighted by Gasteiger charge is -2.01. The molecule has 1 rings (SSSR count). The summed E-state index contributed by atoms with van der Waals surface area (Å²) in [5.41, 5.74) is 5.16. The third-order valence-corrected chi connectivity index (χ3v) is 1.41. The van der Waals surface area contributed by atoms with Crippen molar-refractivity contribution in [3.63, 3.8) is 0 Å². The lowest BCUT2D eigenvalue weighted by atomic mass is 10.2. The number of aliphatic hydroxyl groups excluding tert-OH is 1. The second kappa shape index (κ2) is 1.80. The van der Waals surface area contributed by atoms with Gasteiger partial charge in [0.25, 0.3) is 0 Å². The molecular weight excluding hydrogens is 90.1 g/mol. The standard InChI is InChI=1S/C5H11NO/c6-3-5(7)4-1-2-4/h4-5,7H,1-3,6H2/t5-/m1/s1. The number of rotatable bonds is 2. The third kappa shape index (κ3) is 1.14. The van der Waals surface area contributed by atoms with Crippen molar-refractivity contribution in [1.82, 2.24) is 0 Å². The van der Waals surface area contributed by atoms with E-state index in [4.69, 9.17) is 10.8 Å². The van der Waals surface area contributed by atoms with Crippen molar-refractivity contribution in [3.05, 3.63) is 0 Å². The summed E-state index contributed by atoms with van der Waals surface area (Å²) < 4.78 is 0. The molecule has 0 amide bonds. The molecule has 2 heteroatoms. The molecule has 2 nitrogen and oxygen atoms in total. The Morgan fingerprint density at radius 3 is 2.43 bits per heavy atom. The highest BCUT2D eigenvalue weighted by Crippen LogP contribution is 2.31. The van der Waals surface area contributed by atoms with Crippen LogP contribution < -0.4 is 5.73 Å². The molecule has 0 aromatic heterocycles. The first-order valence-corrected chi connectivity index (χ1v) is 2.72. The predicted molar refractivity (Wildman–Crippen MR) is 27.8 cm³/mol. The molecule has 0 bridgehead atoms. The molecule has 0 aromatic carbocycles. The molecule has 42 valence electrons. The summed E-state index contributed by atoms with van der Waals surface area (Å²) in [6.45, 7) is 0.435. The van der Waals surface area contributed by atoms with E-state index in [0.717, 1.165) is 0 Å². The van der Waals surface area contributed by atoms with E-state index < -0.39 is 0 Å². The molecule has 1 atom stereocenters. The molecule has 1 aliphatic carbocycles. The van der Waals surface area contributed by atoms with E-state index in [1.807, 2.05) is 0 Å². The van der Waals surface area contributed by atoms with Crippen LogP contribution in [-0.4, -0.2) is 17.8 Å². The van der Waals surface area contributed by atoms with E-state index in [-0.39, 0.29) is 6.10 Å². The highest BCUT2D eigenvalue weighted by Gasteiger charge is 2.28. The van der Waals surface area contributed by atoms with Gasteiger partial charge in [-0.05, 0) is 18.8 Å². The summed E-state index contributed by atoms with van der Waals surface area (Å²) in [5, 5.41) is 8.87. The van der Waals surface area contributed by atoms with Gasteiger partial charge < -0.3 is 10.8 Å². The van der Waals surface area contributed by atoms with Gasteiger partial charge in [-0.1, -0.05) is 0 Å². The topological polar surface area (TPSA) is 46.2 Å². The van der Waals surface area contributed by atoms with Gasteiger partial charge in [0.05, 0.1) is 6.10 Å². The zero-order chi connectivity index (χ0) is 5.28. The summed E-state index contributed by atoms with van der Waals surface area (Å²) in [6.07, 6.45) is 2.15. The first-order chi connectivity index (χ1) is 3.34. The molecule has 7 heavy (non-hydrogen) atoms. The van der Waals surface area contributed by atoms with Crippen molar-refractivity contribution in [1.29, 1.82) is 0 Å². The zero-order valence-electron chi connectivity index (χ0n) is 4.30. The monoisotopic (exact) mass is 101 g/mol. The minimum Gasteiger partial charge on any atom is -0.392 e. The maximum Gasteiger partial charge on any atom is 0.0690 e. The van der Waals surface area contributed by atoms with Crippen molar-refractivity contribution >= 4 is 0 Å². The second-order valence-electron chi connectivity index (χ2n) is 2.14. The van der Waals surface area contributed by atoms with Gasteiger partial charge in [0.15, 0.2) is 0 Å². The van der Waals surface area contributed by atoms with Gasteiger partial charge in [-0.2, -0.15) is 0 Å². The van der Waals surface area contributed by atoms with Crippen molar-refractivity contribution in [2.45, 2.75) is 18.9 Å². The van der Waals surface area contributed by atoms with Gasteiger partial charge in [-0.3, -0.25) is 0 Å². The number of hydrogen-bond donors (Lipinski definition) is 2. The largest absolute Gasteiger partial charge is 0.392 e. The normalized spacial score (nSPS) is 24.9. The van der Waals surface area contributed by atoms with Crippen LogP contribution in [0.5, 0.6) is 0 Å². The maximum atomic E-state index is 8.87. The van der Waals surface area contributed by atoms with Crippen LogP contribution in [0.2, 0.25) is 0 Å². The maximum absolute atomic E-state index is 8.87. The Kier molecular flexibility index (Phi) is 1.30. The van der Waals surface area contributed by atoms with Gasteiger partial charge in [0.1, 0.15) is 0 Å². The van der Waals surface area contributed by atoms with Crippen LogP contribution in [0.25, 0.3) is 0 Å². The van der Waals surface area contributed by atoms with Crippen molar-refractivity contribution < 1.29 is 5.11 Å². The molecule has 0 radical (unpaired) electrons. The highest BCUT2D eigenvalue weighted by atomic mass is 16.3. The Morgan fingerprint density at radius 1 is 1.71 bits per heavy atom. The van der Waals surface area contributed by atoms with E-state index in [1.165, 1.54) is 12.8 Å². The molecule has 0 spiro atoms. The number of hydrogen-bond acceptors (Lipinski definition) is 2. The van der Waals surface area contributed by atoms with Crippen LogP contribution in [-0.2, 0) is 0 Å². The molecule has 1 aliphatic rings. The van der Waals surface area contributed by atoms with Gasteiger partial charge >= 0.3 is 0 Å². The van der Waals surface area contributed by atoms with Crippen LogP contribution >= 0.6 is 0 Å². The summed E-state index contributed by atoms with van der Waals surface area (Å²) in [7, 11) is 0. The van der Waals surface area contributed by atoms with Crippen LogP contribution in [0.3, 0.4) is 0 Å². The summed E-state index contributed by atoms with van der Waals surface area (Å²) >= 11 is 0.